The lowest BCUT2D eigenvalue weighted by atomic mass is 10.1. The van der Waals surface area contributed by atoms with Gasteiger partial charge in [-0.1, -0.05) is 36.4 Å². The minimum absolute atomic E-state index is 0.107. The molecule has 0 bridgehead atoms. The second kappa shape index (κ2) is 6.56. The van der Waals surface area contributed by atoms with Gasteiger partial charge in [0.15, 0.2) is 17.3 Å². The van der Waals surface area contributed by atoms with Crippen molar-refractivity contribution in [1.82, 2.24) is 15.3 Å². The lowest BCUT2D eigenvalue weighted by Crippen LogP contribution is -2.37. The molecule has 2 amide bonds. The molecule has 125 valence electrons. The van der Waals surface area contributed by atoms with E-state index in [-0.39, 0.29) is 5.82 Å². The summed E-state index contributed by atoms with van der Waals surface area (Å²) in [6, 6.07) is 17.1. The Morgan fingerprint density at radius 1 is 0.769 bits per heavy atom. The molecule has 2 heterocycles. The quantitative estimate of drug-likeness (QED) is 0.685. The number of rotatable bonds is 3. The zero-order chi connectivity index (χ0) is 17.9. The summed E-state index contributed by atoms with van der Waals surface area (Å²) in [6.45, 7) is 0. The van der Waals surface area contributed by atoms with Crippen LogP contribution in [-0.2, 0) is 0 Å². The predicted octanol–water partition coefficient (Wildman–Crippen LogP) is 2.87. The number of amides is 2. The molecule has 0 N–H and O–H groups in total. The summed E-state index contributed by atoms with van der Waals surface area (Å²) >= 11 is 0. The van der Waals surface area contributed by atoms with E-state index in [9.17, 15) is 9.59 Å². The zero-order valence-electron chi connectivity index (χ0n) is 13.5. The summed E-state index contributed by atoms with van der Waals surface area (Å²) in [4.78, 5) is 39.5. The van der Waals surface area contributed by atoms with Crippen molar-refractivity contribution in [1.29, 1.82) is 0 Å². The summed E-state index contributed by atoms with van der Waals surface area (Å²) in [5.74, 6) is -0.568. The maximum absolute atomic E-state index is 13.1. The van der Waals surface area contributed by atoms with Gasteiger partial charge in [-0.15, -0.1) is 0 Å². The van der Waals surface area contributed by atoms with E-state index in [4.69, 9.17) is 0 Å². The summed E-state index contributed by atoms with van der Waals surface area (Å²) < 4.78 is 0. The van der Waals surface area contributed by atoms with E-state index < -0.39 is 11.8 Å². The number of benzene rings is 2. The van der Waals surface area contributed by atoms with E-state index in [0.29, 0.717) is 22.6 Å². The number of hydrogen-bond acceptors (Lipinski definition) is 5. The second-order valence-electron chi connectivity index (χ2n) is 5.42. The first-order chi connectivity index (χ1) is 12.8. The molecule has 0 aliphatic carbocycles. The fourth-order valence-electron chi connectivity index (χ4n) is 2.58. The van der Waals surface area contributed by atoms with Crippen LogP contribution in [0.5, 0.6) is 0 Å². The highest BCUT2D eigenvalue weighted by molar-refractivity contribution is 6.26. The molecule has 1 radical (unpaired) electrons. The summed E-state index contributed by atoms with van der Waals surface area (Å²) in [5.41, 5.74) is 1.02. The van der Waals surface area contributed by atoms with E-state index in [1.54, 1.807) is 60.7 Å². The molecule has 1 aliphatic heterocycles. The number of anilines is 1. The maximum Gasteiger partial charge on any atom is 0.266 e. The average Bonchev–Trinajstić information content (AvgIpc) is 3.19. The van der Waals surface area contributed by atoms with Crippen molar-refractivity contribution in [2.45, 2.75) is 0 Å². The number of aliphatic imine (C=N–C) groups is 1. The molecule has 7 nitrogen and oxygen atoms in total. The van der Waals surface area contributed by atoms with E-state index in [2.05, 4.69) is 20.3 Å². The van der Waals surface area contributed by atoms with Crippen molar-refractivity contribution >= 4 is 35.5 Å². The Kier molecular flexibility index (Phi) is 3.95. The van der Waals surface area contributed by atoms with Crippen molar-refractivity contribution in [2.24, 2.45) is 4.99 Å². The number of carbonyl (C=O) groups is 2. The van der Waals surface area contributed by atoms with Crippen LogP contribution in [0.1, 0.15) is 20.7 Å². The van der Waals surface area contributed by atoms with Crippen molar-refractivity contribution in [3.63, 3.8) is 0 Å². The Morgan fingerprint density at radius 3 is 1.92 bits per heavy atom. The van der Waals surface area contributed by atoms with Crippen LogP contribution in [0.15, 0.2) is 72.0 Å². The molecule has 26 heavy (non-hydrogen) atoms. The topological polar surface area (TPSA) is 89.6 Å². The number of nitrogens with zero attached hydrogens (tertiary/aromatic N) is 5. The van der Waals surface area contributed by atoms with E-state index >= 15 is 0 Å². The highest BCUT2D eigenvalue weighted by atomic mass is 16.2. The van der Waals surface area contributed by atoms with Gasteiger partial charge < -0.3 is 0 Å². The Balaban J connectivity index is 1.85. The van der Waals surface area contributed by atoms with Gasteiger partial charge in [0.1, 0.15) is 12.7 Å². The normalized spacial score (nSPS) is 11.5. The van der Waals surface area contributed by atoms with Crippen LogP contribution >= 0.6 is 0 Å². The minimum Gasteiger partial charge on any atom is -0.268 e. The summed E-state index contributed by atoms with van der Waals surface area (Å²) in [5, 5.41) is 4.01. The number of imide groups is 1. The molecule has 1 aliphatic rings. The number of aromatic nitrogens is 2. The monoisotopic (exact) mass is 342 g/mol. The van der Waals surface area contributed by atoms with Crippen molar-refractivity contribution in [3.8, 4) is 0 Å². The number of hydrogen-bond donors (Lipinski definition) is 0. The lowest BCUT2D eigenvalue weighted by Gasteiger charge is -2.21. The van der Waals surface area contributed by atoms with E-state index in [0.717, 1.165) is 4.90 Å². The fourth-order valence-corrected chi connectivity index (χ4v) is 2.58. The third-order valence-electron chi connectivity index (χ3n) is 3.81. The van der Waals surface area contributed by atoms with Crippen LogP contribution in [0.3, 0.4) is 0 Å². The third kappa shape index (κ3) is 2.71. The lowest BCUT2D eigenvalue weighted by molar-refractivity contribution is 0.0896. The molecule has 4 rings (SSSR count). The Hall–Kier alpha value is -3.87. The molecule has 3 aromatic rings. The highest BCUT2D eigenvalue weighted by Gasteiger charge is 2.31. The van der Waals surface area contributed by atoms with Gasteiger partial charge in [-0.2, -0.15) is 0 Å². The van der Waals surface area contributed by atoms with Gasteiger partial charge in [0.05, 0.1) is 0 Å². The zero-order valence-corrected chi connectivity index (χ0v) is 13.5. The molecular formula is C19H12N5O2. The van der Waals surface area contributed by atoms with Crippen LogP contribution in [0.4, 0.5) is 17.3 Å². The molecule has 1 aromatic heterocycles. The van der Waals surface area contributed by atoms with Gasteiger partial charge in [-0.25, -0.2) is 25.2 Å². The van der Waals surface area contributed by atoms with Gasteiger partial charge in [0, 0.05) is 11.1 Å². The molecule has 0 saturated heterocycles. The van der Waals surface area contributed by atoms with Gasteiger partial charge in [-0.3, -0.25) is 9.59 Å². The standard InChI is InChI=1S/C19H12N5O2/c25-18(13-7-3-1-4-8-13)24(19(26)14-9-5-2-6-10-14)17-15-16(21-11-20-15)22-12-23-17/h1-12H. The van der Waals surface area contributed by atoms with Crippen LogP contribution in [-0.4, -0.2) is 28.1 Å². The molecule has 7 heteroatoms. The fraction of sp³-hybridized carbons (Fsp3) is 0. The van der Waals surface area contributed by atoms with Gasteiger partial charge >= 0.3 is 0 Å². The first-order valence-corrected chi connectivity index (χ1v) is 7.83. The number of fused-ring (bicyclic) bond motifs is 1. The van der Waals surface area contributed by atoms with Crippen LogP contribution in [0.25, 0.3) is 0 Å². The van der Waals surface area contributed by atoms with Crippen LogP contribution < -0.4 is 10.2 Å². The average molecular weight is 342 g/mol. The molecular weight excluding hydrogens is 330 g/mol. The van der Waals surface area contributed by atoms with E-state index in [1.807, 2.05) is 0 Å². The summed E-state index contributed by atoms with van der Waals surface area (Å²) in [6.07, 6.45) is 2.58. The molecule has 0 atom stereocenters. The van der Waals surface area contributed by atoms with Crippen molar-refractivity contribution in [3.05, 3.63) is 78.1 Å². The Bertz CT molecular complexity index is 951. The highest BCUT2D eigenvalue weighted by Crippen LogP contribution is 2.36. The first-order valence-electron chi connectivity index (χ1n) is 7.83. The second-order valence-corrected chi connectivity index (χ2v) is 5.42. The molecule has 0 fully saturated rings. The van der Waals surface area contributed by atoms with Gasteiger partial charge in [0.2, 0.25) is 0 Å². The SMILES string of the molecule is O=C(c1ccccc1)N(C(=O)c1ccccc1)c1ncnc2c1N=C[N]2. The van der Waals surface area contributed by atoms with Gasteiger partial charge in [0.25, 0.3) is 11.8 Å². The van der Waals surface area contributed by atoms with Crippen molar-refractivity contribution < 1.29 is 9.59 Å². The minimum atomic E-state index is -0.498. The van der Waals surface area contributed by atoms with Crippen LogP contribution in [0, 0.1) is 0 Å². The van der Waals surface area contributed by atoms with Gasteiger partial charge in [-0.05, 0) is 24.3 Å². The summed E-state index contributed by atoms with van der Waals surface area (Å²) in [7, 11) is 0. The predicted molar refractivity (Wildman–Crippen MR) is 96.0 cm³/mol. The maximum atomic E-state index is 13.1. The Labute approximate surface area is 149 Å². The molecule has 0 unspecified atom stereocenters. The van der Waals surface area contributed by atoms with Crippen LogP contribution in [0.2, 0.25) is 0 Å². The molecule has 0 spiro atoms. The van der Waals surface area contributed by atoms with Crippen molar-refractivity contribution in [2.75, 3.05) is 4.90 Å². The Morgan fingerprint density at radius 2 is 1.35 bits per heavy atom. The first kappa shape index (κ1) is 15.6. The van der Waals surface area contributed by atoms with E-state index in [1.165, 1.54) is 12.7 Å². The molecule has 2 aromatic carbocycles. The third-order valence-corrected chi connectivity index (χ3v) is 3.81. The molecule has 0 saturated carbocycles. The largest absolute Gasteiger partial charge is 0.268 e. The number of carbonyl (C=O) groups excluding carboxylic acids is 2. The smallest absolute Gasteiger partial charge is 0.266 e.